The number of benzene rings is 4. The summed E-state index contributed by atoms with van der Waals surface area (Å²) in [6.45, 7) is 0. The Morgan fingerprint density at radius 2 is 0.594 bits per heavy atom. The number of halogens is 2. The van der Waals surface area contributed by atoms with E-state index in [0.717, 1.165) is 22.5 Å². The van der Waals surface area contributed by atoms with Gasteiger partial charge in [0, 0.05) is 11.4 Å². The average molecular weight is 463 g/mol. The molecule has 0 saturated carbocycles. The van der Waals surface area contributed by atoms with Crippen molar-refractivity contribution in [3.63, 3.8) is 0 Å². The molecule has 164 valence electrons. The summed E-state index contributed by atoms with van der Waals surface area (Å²) < 4.78 is 0. The van der Waals surface area contributed by atoms with Crippen molar-refractivity contribution in [3.8, 4) is 0 Å². The van der Waals surface area contributed by atoms with Crippen molar-refractivity contribution in [1.29, 1.82) is 0 Å². The van der Waals surface area contributed by atoms with E-state index < -0.39 is 0 Å². The molecule has 0 aliphatic carbocycles. The van der Waals surface area contributed by atoms with Crippen LogP contribution >= 0.6 is 24.8 Å². The molecular weight excluding hydrogens is 435 g/mol. The Morgan fingerprint density at radius 1 is 0.344 bits per heavy atom. The maximum Gasteiger partial charge on any atom is 0.0314 e. The molecule has 0 aromatic heterocycles. The molecule has 0 spiro atoms. The fraction of sp³-hybridized carbons (Fsp3) is 0. The third-order valence-corrected chi connectivity index (χ3v) is 4.41. The first kappa shape index (κ1) is 26.6. The Bertz CT molecular complexity index is 985. The second kappa shape index (κ2) is 14.5. The summed E-state index contributed by atoms with van der Waals surface area (Å²) in [5.41, 5.74) is 17.5. The highest BCUT2D eigenvalue weighted by molar-refractivity contribution is 5.85. The number of hydrogen-bond donors (Lipinski definition) is 2. The fourth-order valence-corrected chi connectivity index (χ4v) is 2.73. The molecule has 0 fully saturated rings. The molecule has 0 atom stereocenters. The first-order chi connectivity index (χ1) is 14.7. The van der Waals surface area contributed by atoms with Crippen LogP contribution in [-0.2, 0) is 0 Å². The highest BCUT2D eigenvalue weighted by atomic mass is 35.5. The number of nitrogen functional groups attached to an aromatic ring is 2. The van der Waals surface area contributed by atoms with Crippen molar-refractivity contribution in [2.24, 2.45) is 0 Å². The van der Waals surface area contributed by atoms with Crippen LogP contribution in [0.2, 0.25) is 0 Å². The standard InChI is InChI=1S/C14H14N2.C14H12.2ClH/c15-13-7-3-11(4-8-13)1-2-12-5-9-14(16)10-6-12;1-3-7-13(8-4-1)11-12-14-9-5-2-6-10-14;;/h1-10H,15-16H2;1-12H;2*1H. The molecule has 32 heavy (non-hydrogen) atoms. The predicted molar refractivity (Wildman–Crippen MR) is 147 cm³/mol. The van der Waals surface area contributed by atoms with Gasteiger partial charge in [0.15, 0.2) is 0 Å². The van der Waals surface area contributed by atoms with Crippen LogP contribution in [0.3, 0.4) is 0 Å². The summed E-state index contributed by atoms with van der Waals surface area (Å²) >= 11 is 0. The van der Waals surface area contributed by atoms with Gasteiger partial charge >= 0.3 is 0 Å². The van der Waals surface area contributed by atoms with Gasteiger partial charge in [-0.05, 0) is 46.5 Å². The molecule has 2 nitrogen and oxygen atoms in total. The minimum absolute atomic E-state index is 0. The molecule has 4 rings (SSSR count). The van der Waals surface area contributed by atoms with Gasteiger partial charge in [0.1, 0.15) is 0 Å². The van der Waals surface area contributed by atoms with Gasteiger partial charge < -0.3 is 11.5 Å². The van der Waals surface area contributed by atoms with E-state index in [1.807, 2.05) is 97.1 Å². The molecule has 0 amide bonds. The zero-order valence-electron chi connectivity index (χ0n) is 17.7. The number of anilines is 2. The molecular formula is C28H28Cl2N2. The van der Waals surface area contributed by atoms with E-state index in [1.54, 1.807) is 0 Å². The highest BCUT2D eigenvalue weighted by Crippen LogP contribution is 2.12. The van der Waals surface area contributed by atoms with Gasteiger partial charge in [0.2, 0.25) is 0 Å². The van der Waals surface area contributed by atoms with Gasteiger partial charge in [0.05, 0.1) is 0 Å². The van der Waals surface area contributed by atoms with Crippen LogP contribution in [0.15, 0.2) is 109 Å². The Labute approximate surface area is 203 Å². The lowest BCUT2D eigenvalue weighted by Gasteiger charge is -1.96. The van der Waals surface area contributed by atoms with Crippen LogP contribution < -0.4 is 11.5 Å². The van der Waals surface area contributed by atoms with Crippen molar-refractivity contribution in [2.75, 3.05) is 11.5 Å². The Kier molecular flexibility index (Phi) is 12.1. The summed E-state index contributed by atoms with van der Waals surface area (Å²) in [7, 11) is 0. The molecule has 0 bridgehead atoms. The molecule has 0 heterocycles. The fourth-order valence-electron chi connectivity index (χ4n) is 2.73. The van der Waals surface area contributed by atoms with Crippen LogP contribution in [0.1, 0.15) is 22.3 Å². The zero-order valence-corrected chi connectivity index (χ0v) is 19.3. The van der Waals surface area contributed by atoms with Gasteiger partial charge in [0.25, 0.3) is 0 Å². The van der Waals surface area contributed by atoms with Crippen LogP contribution in [0.5, 0.6) is 0 Å². The summed E-state index contributed by atoms with van der Waals surface area (Å²) in [6.07, 6.45) is 8.33. The van der Waals surface area contributed by atoms with Crippen LogP contribution in [0, 0.1) is 0 Å². The minimum atomic E-state index is 0. The van der Waals surface area contributed by atoms with E-state index in [-0.39, 0.29) is 24.8 Å². The van der Waals surface area contributed by atoms with E-state index >= 15 is 0 Å². The highest BCUT2D eigenvalue weighted by Gasteiger charge is 1.89. The normalized spacial score (nSPS) is 10.0. The first-order valence-corrected chi connectivity index (χ1v) is 9.86. The van der Waals surface area contributed by atoms with Crippen molar-refractivity contribution in [3.05, 3.63) is 131 Å². The van der Waals surface area contributed by atoms with E-state index in [0.29, 0.717) is 0 Å². The molecule has 4 aromatic carbocycles. The van der Waals surface area contributed by atoms with E-state index in [9.17, 15) is 0 Å². The van der Waals surface area contributed by atoms with Gasteiger partial charge in [-0.15, -0.1) is 24.8 Å². The number of rotatable bonds is 4. The van der Waals surface area contributed by atoms with Crippen LogP contribution in [0.4, 0.5) is 11.4 Å². The topological polar surface area (TPSA) is 52.0 Å². The van der Waals surface area contributed by atoms with Gasteiger partial charge in [-0.2, -0.15) is 0 Å². The lowest BCUT2D eigenvalue weighted by molar-refractivity contribution is 1.63. The van der Waals surface area contributed by atoms with Crippen molar-refractivity contribution in [1.82, 2.24) is 0 Å². The van der Waals surface area contributed by atoms with Gasteiger partial charge in [-0.1, -0.05) is 109 Å². The Morgan fingerprint density at radius 3 is 0.875 bits per heavy atom. The third kappa shape index (κ3) is 9.57. The SMILES string of the molecule is C(=Cc1ccccc1)c1ccccc1.Cl.Cl.Nc1ccc(C=Cc2ccc(N)cc2)cc1. The lowest BCUT2D eigenvalue weighted by Crippen LogP contribution is -1.83. The van der Waals surface area contributed by atoms with E-state index in [4.69, 9.17) is 11.5 Å². The zero-order chi connectivity index (χ0) is 21.0. The van der Waals surface area contributed by atoms with Crippen molar-refractivity contribution >= 4 is 60.5 Å². The Hall–Kier alpha value is -3.46. The second-order valence-electron chi connectivity index (χ2n) is 6.82. The van der Waals surface area contributed by atoms with Crippen LogP contribution in [-0.4, -0.2) is 0 Å². The molecule has 4 heteroatoms. The van der Waals surface area contributed by atoms with E-state index in [1.165, 1.54) is 11.1 Å². The first-order valence-electron chi connectivity index (χ1n) is 9.86. The lowest BCUT2D eigenvalue weighted by atomic mass is 10.1. The molecule has 0 unspecified atom stereocenters. The maximum atomic E-state index is 5.61. The molecule has 0 radical (unpaired) electrons. The molecule has 0 aliphatic heterocycles. The quantitative estimate of drug-likeness (QED) is 0.240. The minimum Gasteiger partial charge on any atom is -0.399 e. The summed E-state index contributed by atoms with van der Waals surface area (Å²) in [6, 6.07) is 36.2. The van der Waals surface area contributed by atoms with Crippen molar-refractivity contribution < 1.29 is 0 Å². The summed E-state index contributed by atoms with van der Waals surface area (Å²) in [4.78, 5) is 0. The van der Waals surface area contributed by atoms with Crippen LogP contribution in [0.25, 0.3) is 24.3 Å². The van der Waals surface area contributed by atoms with Crippen molar-refractivity contribution in [2.45, 2.75) is 0 Å². The molecule has 0 saturated heterocycles. The monoisotopic (exact) mass is 462 g/mol. The smallest absolute Gasteiger partial charge is 0.0314 e. The maximum absolute atomic E-state index is 5.61. The summed E-state index contributed by atoms with van der Waals surface area (Å²) in [5.74, 6) is 0. The second-order valence-corrected chi connectivity index (χ2v) is 6.82. The van der Waals surface area contributed by atoms with Gasteiger partial charge in [-0.25, -0.2) is 0 Å². The van der Waals surface area contributed by atoms with Gasteiger partial charge in [-0.3, -0.25) is 0 Å². The summed E-state index contributed by atoms with van der Waals surface area (Å²) in [5, 5.41) is 0. The molecule has 4 aromatic rings. The van der Waals surface area contributed by atoms with E-state index in [2.05, 4.69) is 36.4 Å². The number of hydrogen-bond acceptors (Lipinski definition) is 2. The third-order valence-electron chi connectivity index (χ3n) is 4.41. The predicted octanol–water partition coefficient (Wildman–Crippen LogP) is 7.72. The molecule has 4 N–H and O–H groups in total. The number of nitrogens with two attached hydrogens (primary N) is 2. The largest absolute Gasteiger partial charge is 0.399 e. The molecule has 0 aliphatic rings. The Balaban J connectivity index is 0.000000303. The average Bonchev–Trinajstić information content (AvgIpc) is 2.80.